The van der Waals surface area contributed by atoms with Crippen LogP contribution in [0, 0.1) is 11.3 Å². The smallest absolute Gasteiger partial charge is 0.311 e. The average Bonchev–Trinajstić information content (AvgIpc) is 3.05. The molecular weight excluding hydrogens is 584 g/mol. The lowest BCUT2D eigenvalue weighted by Gasteiger charge is -2.36. The number of ether oxygens (including phenoxy) is 6. The van der Waals surface area contributed by atoms with Gasteiger partial charge in [0.2, 0.25) is 0 Å². The molecule has 1 aliphatic rings. The Morgan fingerprint density at radius 3 is 2.20 bits per heavy atom. The number of allylic oxidation sites excluding steroid dienone is 4. The van der Waals surface area contributed by atoms with E-state index in [9.17, 15) is 9.59 Å². The summed E-state index contributed by atoms with van der Waals surface area (Å²) in [5.74, 6) is 1.50. The number of carbonyl (C=O) groups excluding carboxylic acids is 2. The summed E-state index contributed by atoms with van der Waals surface area (Å²) >= 11 is 0. The molecule has 0 radical (unpaired) electrons. The maximum Gasteiger partial charge on any atom is 0.311 e. The number of hydrogen-bond acceptors (Lipinski definition) is 8. The highest BCUT2D eigenvalue weighted by molar-refractivity contribution is 5.75. The predicted molar refractivity (Wildman–Crippen MR) is 179 cm³/mol. The van der Waals surface area contributed by atoms with Gasteiger partial charge in [0.15, 0.2) is 6.29 Å². The average molecular weight is 635 g/mol. The van der Waals surface area contributed by atoms with Crippen molar-refractivity contribution < 1.29 is 38.0 Å². The molecule has 0 saturated carbocycles. The molecule has 0 N–H and O–H groups in total. The Labute approximate surface area is 274 Å². The molecule has 0 spiro atoms. The highest BCUT2D eigenvalue weighted by Crippen LogP contribution is 2.33. The summed E-state index contributed by atoms with van der Waals surface area (Å²) in [6, 6.07) is 15.5. The van der Waals surface area contributed by atoms with Crippen LogP contribution < -0.4 is 9.47 Å². The van der Waals surface area contributed by atoms with Gasteiger partial charge in [-0.25, -0.2) is 0 Å². The Morgan fingerprint density at radius 2 is 1.57 bits per heavy atom. The first-order valence-electron chi connectivity index (χ1n) is 15.9. The molecule has 1 saturated heterocycles. The minimum atomic E-state index is -0.549. The van der Waals surface area contributed by atoms with E-state index in [2.05, 4.69) is 19.1 Å². The number of rotatable bonds is 17. The zero-order chi connectivity index (χ0) is 33.4. The molecule has 0 unspecified atom stereocenters. The number of carbonyl (C=O) groups is 2. The predicted octanol–water partition coefficient (Wildman–Crippen LogP) is 7.73. The molecule has 0 aliphatic carbocycles. The van der Waals surface area contributed by atoms with Crippen LogP contribution in [0.25, 0.3) is 0 Å². The van der Waals surface area contributed by atoms with Crippen LogP contribution in [0.5, 0.6) is 11.5 Å². The van der Waals surface area contributed by atoms with Gasteiger partial charge in [-0.1, -0.05) is 61.6 Å². The molecule has 0 aromatic heterocycles. The van der Waals surface area contributed by atoms with Crippen LogP contribution in [0.3, 0.4) is 0 Å². The Balaban J connectivity index is 1.63. The van der Waals surface area contributed by atoms with Crippen molar-refractivity contribution in [2.24, 2.45) is 11.3 Å². The molecule has 5 atom stereocenters. The molecule has 1 aliphatic heterocycles. The zero-order valence-electron chi connectivity index (χ0n) is 28.1. The summed E-state index contributed by atoms with van der Waals surface area (Å²) in [5, 5.41) is 0. The van der Waals surface area contributed by atoms with Crippen molar-refractivity contribution in [1.82, 2.24) is 0 Å². The second kappa shape index (κ2) is 19.1. The Hall–Kier alpha value is -3.72. The van der Waals surface area contributed by atoms with Crippen molar-refractivity contribution in [2.45, 2.75) is 84.6 Å². The first-order valence-corrected chi connectivity index (χ1v) is 15.9. The fourth-order valence-corrected chi connectivity index (χ4v) is 4.83. The Kier molecular flexibility index (Phi) is 15.2. The third-order valence-electron chi connectivity index (χ3n) is 7.66. The van der Waals surface area contributed by atoms with Crippen LogP contribution in [0.15, 0.2) is 85.0 Å². The highest BCUT2D eigenvalue weighted by Gasteiger charge is 2.31. The molecule has 1 heterocycles. The molecule has 8 heteroatoms. The molecule has 0 amide bonds. The number of hydrogen-bond donors (Lipinski definition) is 0. The normalized spacial score (nSPS) is 20.2. The summed E-state index contributed by atoms with van der Waals surface area (Å²) in [4.78, 5) is 23.0. The number of benzene rings is 2. The van der Waals surface area contributed by atoms with Gasteiger partial charge in [-0.05, 0) is 75.4 Å². The number of aldehydes is 1. The van der Waals surface area contributed by atoms with E-state index in [1.54, 1.807) is 14.2 Å². The minimum absolute atomic E-state index is 0.0802. The van der Waals surface area contributed by atoms with Gasteiger partial charge in [-0.2, -0.15) is 0 Å². The van der Waals surface area contributed by atoms with E-state index < -0.39 is 11.7 Å². The number of esters is 1. The molecule has 2 aromatic rings. The van der Waals surface area contributed by atoms with Gasteiger partial charge in [-0.3, -0.25) is 9.59 Å². The first kappa shape index (κ1) is 36.7. The summed E-state index contributed by atoms with van der Waals surface area (Å²) in [6.45, 7) is 8.39. The van der Waals surface area contributed by atoms with Gasteiger partial charge in [0.25, 0.3) is 0 Å². The largest absolute Gasteiger partial charge is 0.497 e. The highest BCUT2D eigenvalue weighted by atomic mass is 16.7. The minimum Gasteiger partial charge on any atom is -0.497 e. The van der Waals surface area contributed by atoms with Crippen LogP contribution in [0.4, 0.5) is 0 Å². The van der Waals surface area contributed by atoms with Crippen molar-refractivity contribution in [3.8, 4) is 11.5 Å². The van der Waals surface area contributed by atoms with Crippen LogP contribution in [-0.4, -0.2) is 51.4 Å². The van der Waals surface area contributed by atoms with Crippen molar-refractivity contribution >= 4 is 12.3 Å². The van der Waals surface area contributed by atoms with Crippen LogP contribution in [0.1, 0.15) is 70.8 Å². The molecule has 46 heavy (non-hydrogen) atoms. The second-order valence-electron chi connectivity index (χ2n) is 12.5. The van der Waals surface area contributed by atoms with Crippen LogP contribution in [-0.2, 0) is 35.1 Å². The molecule has 250 valence electrons. The van der Waals surface area contributed by atoms with Crippen LogP contribution >= 0.6 is 0 Å². The standard InChI is InChI=1S/C38H50O8/c1-28(12-10-11-24-39)35(44-27-29-15-19-31(41-5)20-16-29)14-9-7-8-13-33-26-34(23-25-43-37(40)38(2,3)4)46-36(45-33)30-17-21-32(42-6)22-18-30/h7-11,14-22,24,28,33-36H,12-13,23,25-27H2,1-6H3/b8-7+,11-10+,14-9-/t28-,33+,34-,35+,36+/m1/s1. The van der Waals surface area contributed by atoms with Gasteiger partial charge >= 0.3 is 5.97 Å². The van der Waals surface area contributed by atoms with E-state index in [-0.39, 0.29) is 30.2 Å². The quantitative estimate of drug-likeness (QED) is 0.0756. The van der Waals surface area contributed by atoms with Gasteiger partial charge in [-0.15, -0.1) is 0 Å². The fourth-order valence-electron chi connectivity index (χ4n) is 4.83. The van der Waals surface area contributed by atoms with E-state index in [1.165, 1.54) is 6.08 Å². The van der Waals surface area contributed by atoms with E-state index >= 15 is 0 Å². The second-order valence-corrected chi connectivity index (χ2v) is 12.5. The van der Waals surface area contributed by atoms with Crippen LogP contribution in [0.2, 0.25) is 0 Å². The lowest BCUT2D eigenvalue weighted by Crippen LogP contribution is -2.35. The summed E-state index contributed by atoms with van der Waals surface area (Å²) in [5.41, 5.74) is 1.41. The zero-order valence-corrected chi connectivity index (χ0v) is 28.1. The van der Waals surface area contributed by atoms with Gasteiger partial charge < -0.3 is 28.4 Å². The van der Waals surface area contributed by atoms with E-state index in [0.717, 1.165) is 35.3 Å². The third kappa shape index (κ3) is 12.6. The van der Waals surface area contributed by atoms with Crippen molar-refractivity contribution in [1.29, 1.82) is 0 Å². The van der Waals surface area contributed by atoms with E-state index in [4.69, 9.17) is 28.4 Å². The van der Waals surface area contributed by atoms with Crippen molar-refractivity contribution in [3.63, 3.8) is 0 Å². The first-order chi connectivity index (χ1) is 22.1. The van der Waals surface area contributed by atoms with E-state index in [1.807, 2.05) is 87.5 Å². The molecule has 8 nitrogen and oxygen atoms in total. The third-order valence-corrected chi connectivity index (χ3v) is 7.66. The lowest BCUT2D eigenvalue weighted by atomic mass is 9.97. The molecule has 2 aromatic carbocycles. The summed E-state index contributed by atoms with van der Waals surface area (Å²) in [7, 11) is 3.28. The number of methoxy groups -OCH3 is 2. The Bertz CT molecular complexity index is 1270. The fraction of sp³-hybridized carbons (Fsp3) is 0.474. The molecule has 0 bridgehead atoms. The van der Waals surface area contributed by atoms with Gasteiger partial charge in [0, 0.05) is 18.4 Å². The molecule has 3 rings (SSSR count). The molecular formula is C38H50O8. The summed E-state index contributed by atoms with van der Waals surface area (Å²) in [6.07, 6.45) is 14.1. The Morgan fingerprint density at radius 1 is 0.913 bits per heavy atom. The van der Waals surface area contributed by atoms with Gasteiger partial charge in [0.1, 0.15) is 17.8 Å². The van der Waals surface area contributed by atoms with Crippen molar-refractivity contribution in [3.05, 3.63) is 96.1 Å². The maximum atomic E-state index is 12.3. The van der Waals surface area contributed by atoms with Gasteiger partial charge in [0.05, 0.1) is 51.2 Å². The SMILES string of the molecule is COc1ccc(CO[C@@H](/C=C\C=C\C[C@H]2C[C@@H](CCOC(=O)C(C)(C)C)O[C@@H](c3ccc(OC)cc3)O2)[C@H](C)C/C=C/C=O)cc1. The lowest BCUT2D eigenvalue weighted by molar-refractivity contribution is -0.249. The van der Waals surface area contributed by atoms with Crippen molar-refractivity contribution in [2.75, 3.05) is 20.8 Å². The summed E-state index contributed by atoms with van der Waals surface area (Å²) < 4.78 is 35.0. The monoisotopic (exact) mass is 634 g/mol. The van der Waals surface area contributed by atoms with E-state index in [0.29, 0.717) is 32.5 Å². The maximum absolute atomic E-state index is 12.3. The topological polar surface area (TPSA) is 89.5 Å². The molecule has 1 fully saturated rings.